The maximum Gasteiger partial charge on any atom is 0.410 e. The fraction of sp³-hybridized carbons (Fsp3) is 0.314. The van der Waals surface area contributed by atoms with Crippen LogP contribution in [-0.4, -0.2) is 47.3 Å². The fourth-order valence-electron chi connectivity index (χ4n) is 6.05. The number of carboxylic acid groups (broad SMARTS) is 1. The molecule has 0 aromatic heterocycles. The van der Waals surface area contributed by atoms with Crippen LogP contribution in [0.15, 0.2) is 84.9 Å². The molecule has 0 unspecified atom stereocenters. The Morgan fingerprint density at radius 2 is 1.58 bits per heavy atom. The quantitative estimate of drug-likeness (QED) is 0.237. The van der Waals surface area contributed by atoms with Gasteiger partial charge in [-0.2, -0.15) is 0 Å². The van der Waals surface area contributed by atoms with Gasteiger partial charge in [0.15, 0.2) is 0 Å². The fourth-order valence-corrected chi connectivity index (χ4v) is 6.05. The Morgan fingerprint density at radius 1 is 0.953 bits per heavy atom. The van der Waals surface area contributed by atoms with E-state index < -0.39 is 34.9 Å². The number of carbonyl (C=O) groups excluding carboxylic acids is 1. The summed E-state index contributed by atoms with van der Waals surface area (Å²) in [7, 11) is 0. The number of anilines is 1. The second kappa shape index (κ2) is 12.0. The highest BCUT2D eigenvalue weighted by Gasteiger charge is 2.40. The zero-order valence-electron chi connectivity index (χ0n) is 24.8. The Bertz CT molecular complexity index is 1610. The summed E-state index contributed by atoms with van der Waals surface area (Å²) in [6, 6.07) is 25.0. The highest BCUT2D eigenvalue weighted by molar-refractivity contribution is 5.88. The molecule has 3 atom stereocenters. The minimum Gasteiger partial charge on any atom is -0.478 e. The zero-order chi connectivity index (χ0) is 30.9. The molecule has 4 aromatic rings. The van der Waals surface area contributed by atoms with Gasteiger partial charge in [0.05, 0.1) is 11.6 Å². The van der Waals surface area contributed by atoms with E-state index in [0.717, 1.165) is 34.0 Å². The number of aromatic carboxylic acids is 1. The van der Waals surface area contributed by atoms with E-state index in [9.17, 15) is 14.7 Å². The van der Waals surface area contributed by atoms with Gasteiger partial charge < -0.3 is 19.6 Å². The highest BCUT2D eigenvalue weighted by atomic mass is 19.1. The van der Waals surface area contributed by atoms with Crippen molar-refractivity contribution in [2.75, 3.05) is 24.5 Å². The van der Waals surface area contributed by atoms with Gasteiger partial charge in [0.25, 0.3) is 0 Å². The first kappa shape index (κ1) is 30.0. The molecule has 0 saturated carbocycles. The van der Waals surface area contributed by atoms with E-state index in [1.807, 2.05) is 100 Å². The molecule has 1 aliphatic heterocycles. The van der Waals surface area contributed by atoms with Crippen LogP contribution in [0.1, 0.15) is 61.1 Å². The summed E-state index contributed by atoms with van der Waals surface area (Å²) in [6.07, 6.45) is -0.471. The largest absolute Gasteiger partial charge is 0.478 e. The van der Waals surface area contributed by atoms with Gasteiger partial charge in [-0.1, -0.05) is 72.8 Å². The van der Waals surface area contributed by atoms with E-state index in [0.29, 0.717) is 6.54 Å². The maximum atomic E-state index is 15.2. The molecule has 0 bridgehead atoms. The van der Waals surface area contributed by atoms with Gasteiger partial charge in [0.2, 0.25) is 0 Å². The standard InChI is InChI=1S/C35H36F2N2O4/c1-22(27-16-10-14-23-13-8-9-15-28(23)27)39(34(42)43-35(2,3)4)20-26-19-38(21-29(26)24-11-6-5-7-12-24)32-30(36)17-25(33(40)41)18-31(32)37/h5-18,22,26,29H,19-21H2,1-4H3,(H,40,41)/t22-,26-,29-/m1/s1. The lowest BCUT2D eigenvalue weighted by Gasteiger charge is -2.35. The van der Waals surface area contributed by atoms with Gasteiger partial charge in [-0.15, -0.1) is 0 Å². The topological polar surface area (TPSA) is 70.1 Å². The maximum absolute atomic E-state index is 15.2. The van der Waals surface area contributed by atoms with E-state index in [-0.39, 0.29) is 36.7 Å². The Morgan fingerprint density at radius 3 is 2.23 bits per heavy atom. The van der Waals surface area contributed by atoms with Gasteiger partial charge >= 0.3 is 12.1 Å². The molecule has 1 aliphatic rings. The van der Waals surface area contributed by atoms with Crippen LogP contribution in [0.4, 0.5) is 19.3 Å². The van der Waals surface area contributed by atoms with Gasteiger partial charge in [-0.25, -0.2) is 18.4 Å². The van der Waals surface area contributed by atoms with Gasteiger partial charge in [-0.3, -0.25) is 0 Å². The van der Waals surface area contributed by atoms with Crippen molar-refractivity contribution in [2.24, 2.45) is 5.92 Å². The first-order valence-corrected chi connectivity index (χ1v) is 14.4. The van der Waals surface area contributed by atoms with Crippen molar-refractivity contribution < 1.29 is 28.2 Å². The number of fused-ring (bicyclic) bond motifs is 1. The Kier molecular flexibility index (Phi) is 8.40. The summed E-state index contributed by atoms with van der Waals surface area (Å²) in [5.74, 6) is -3.65. The molecule has 6 nitrogen and oxygen atoms in total. The average Bonchev–Trinajstić information content (AvgIpc) is 3.37. The number of amides is 1. The number of halogens is 2. The second-order valence-corrected chi connectivity index (χ2v) is 12.2. The lowest BCUT2D eigenvalue weighted by molar-refractivity contribution is 0.0139. The third-order valence-electron chi connectivity index (χ3n) is 8.05. The lowest BCUT2D eigenvalue weighted by atomic mass is 9.88. The molecule has 224 valence electrons. The number of ether oxygens (including phenoxy) is 1. The molecule has 8 heteroatoms. The van der Waals surface area contributed by atoms with Crippen LogP contribution in [0.5, 0.6) is 0 Å². The molecule has 43 heavy (non-hydrogen) atoms. The number of hydrogen-bond acceptors (Lipinski definition) is 4. The lowest BCUT2D eigenvalue weighted by Crippen LogP contribution is -2.42. The van der Waals surface area contributed by atoms with E-state index in [2.05, 4.69) is 0 Å². The number of carbonyl (C=O) groups is 2. The van der Waals surface area contributed by atoms with Gasteiger partial charge in [0, 0.05) is 31.5 Å². The Labute approximate surface area is 250 Å². The number of benzene rings is 4. The van der Waals surface area contributed by atoms with Crippen molar-refractivity contribution in [3.63, 3.8) is 0 Å². The molecule has 1 heterocycles. The predicted molar refractivity (Wildman–Crippen MR) is 164 cm³/mol. The molecule has 4 aromatic carbocycles. The van der Waals surface area contributed by atoms with Crippen molar-refractivity contribution in [3.05, 3.63) is 113 Å². The van der Waals surface area contributed by atoms with Crippen molar-refractivity contribution in [3.8, 4) is 0 Å². The Hall–Kier alpha value is -4.46. The van der Waals surface area contributed by atoms with Crippen molar-refractivity contribution >= 4 is 28.5 Å². The smallest absolute Gasteiger partial charge is 0.410 e. The van der Waals surface area contributed by atoms with E-state index in [4.69, 9.17) is 4.74 Å². The van der Waals surface area contributed by atoms with E-state index in [1.54, 1.807) is 9.80 Å². The number of hydrogen-bond donors (Lipinski definition) is 1. The molecule has 0 radical (unpaired) electrons. The molecular formula is C35H36F2N2O4. The number of carboxylic acids is 1. The molecule has 1 N–H and O–H groups in total. The first-order valence-electron chi connectivity index (χ1n) is 14.4. The van der Waals surface area contributed by atoms with Gasteiger partial charge in [0.1, 0.15) is 22.9 Å². The van der Waals surface area contributed by atoms with Crippen LogP contribution in [0.3, 0.4) is 0 Å². The number of rotatable bonds is 7. The summed E-state index contributed by atoms with van der Waals surface area (Å²) >= 11 is 0. The summed E-state index contributed by atoms with van der Waals surface area (Å²) in [5, 5.41) is 11.4. The SMILES string of the molecule is C[C@H](c1cccc2ccccc12)N(C[C@H]1CN(c2c(F)cc(C(=O)O)cc2F)C[C@@H]1c1ccccc1)C(=O)OC(C)(C)C. The molecule has 1 saturated heterocycles. The van der Waals surface area contributed by atoms with E-state index in [1.165, 1.54) is 0 Å². The zero-order valence-corrected chi connectivity index (χ0v) is 24.8. The van der Waals surface area contributed by atoms with Crippen LogP contribution >= 0.6 is 0 Å². The summed E-state index contributed by atoms with van der Waals surface area (Å²) in [5.41, 5.74) is 0.511. The van der Waals surface area contributed by atoms with Crippen molar-refractivity contribution in [1.82, 2.24) is 4.90 Å². The minimum atomic E-state index is -1.40. The van der Waals surface area contributed by atoms with Crippen LogP contribution in [-0.2, 0) is 4.74 Å². The summed E-state index contributed by atoms with van der Waals surface area (Å²) in [6.45, 7) is 8.25. The van der Waals surface area contributed by atoms with Crippen LogP contribution < -0.4 is 4.90 Å². The minimum absolute atomic E-state index is 0.163. The van der Waals surface area contributed by atoms with Crippen LogP contribution in [0.25, 0.3) is 10.8 Å². The molecule has 0 spiro atoms. The first-order chi connectivity index (χ1) is 20.4. The van der Waals surface area contributed by atoms with Crippen LogP contribution in [0, 0.1) is 17.6 Å². The molecule has 0 aliphatic carbocycles. The molecule has 1 amide bonds. The number of nitrogens with zero attached hydrogens (tertiary/aromatic N) is 2. The monoisotopic (exact) mass is 586 g/mol. The third-order valence-corrected chi connectivity index (χ3v) is 8.05. The van der Waals surface area contributed by atoms with Crippen molar-refractivity contribution in [2.45, 2.75) is 45.3 Å². The van der Waals surface area contributed by atoms with Crippen LogP contribution in [0.2, 0.25) is 0 Å². The summed E-state index contributed by atoms with van der Waals surface area (Å²) < 4.78 is 36.3. The van der Waals surface area contributed by atoms with Crippen molar-refractivity contribution in [1.29, 1.82) is 0 Å². The Balaban J connectivity index is 1.54. The molecular weight excluding hydrogens is 550 g/mol. The average molecular weight is 587 g/mol. The second-order valence-electron chi connectivity index (χ2n) is 12.2. The van der Waals surface area contributed by atoms with E-state index >= 15 is 8.78 Å². The normalized spacial score (nSPS) is 17.6. The van der Waals surface area contributed by atoms with Gasteiger partial charge in [-0.05, 0) is 61.7 Å². The molecule has 5 rings (SSSR count). The third kappa shape index (κ3) is 6.48. The summed E-state index contributed by atoms with van der Waals surface area (Å²) in [4.78, 5) is 28.5. The highest BCUT2D eigenvalue weighted by Crippen LogP contribution is 2.40. The predicted octanol–water partition coefficient (Wildman–Crippen LogP) is 8.03. The molecule has 1 fully saturated rings.